The molecule has 0 aliphatic rings. The predicted octanol–water partition coefficient (Wildman–Crippen LogP) is 2.62. The highest BCUT2D eigenvalue weighted by Gasteiger charge is 2.00. The standard InChI is InChI=1S/C14H18N2O3/c1-11-3-5-13(19-11)10-15-12-4-6-14(16-9-12)18-8-7-17-2/h3-6,9,15H,7-8,10H2,1-2H3. The molecule has 2 heterocycles. The molecule has 0 aliphatic heterocycles. The van der Waals surface area contributed by atoms with E-state index in [1.807, 2.05) is 31.2 Å². The van der Waals surface area contributed by atoms with Crippen LogP contribution in [0.3, 0.4) is 0 Å². The Kier molecular flexibility index (Phi) is 4.80. The number of methoxy groups -OCH3 is 1. The van der Waals surface area contributed by atoms with Gasteiger partial charge in [0.2, 0.25) is 5.88 Å². The first kappa shape index (κ1) is 13.4. The minimum atomic E-state index is 0.502. The van der Waals surface area contributed by atoms with E-state index < -0.39 is 0 Å². The predicted molar refractivity (Wildman–Crippen MR) is 72.4 cm³/mol. The largest absolute Gasteiger partial charge is 0.475 e. The number of nitrogens with zero attached hydrogens (tertiary/aromatic N) is 1. The number of nitrogens with one attached hydrogen (secondary N) is 1. The first-order valence-corrected chi connectivity index (χ1v) is 6.15. The Hall–Kier alpha value is -2.01. The minimum Gasteiger partial charge on any atom is -0.475 e. The van der Waals surface area contributed by atoms with Gasteiger partial charge in [-0.25, -0.2) is 4.98 Å². The summed E-state index contributed by atoms with van der Waals surface area (Å²) in [7, 11) is 1.64. The fourth-order valence-electron chi connectivity index (χ4n) is 1.57. The summed E-state index contributed by atoms with van der Waals surface area (Å²) < 4.78 is 15.8. The molecule has 0 amide bonds. The van der Waals surface area contributed by atoms with E-state index in [-0.39, 0.29) is 0 Å². The van der Waals surface area contributed by atoms with Crippen molar-refractivity contribution in [3.05, 3.63) is 42.0 Å². The molecule has 5 heteroatoms. The number of pyridine rings is 1. The zero-order valence-corrected chi connectivity index (χ0v) is 11.2. The monoisotopic (exact) mass is 262 g/mol. The van der Waals surface area contributed by atoms with Gasteiger partial charge in [-0.15, -0.1) is 0 Å². The number of aromatic nitrogens is 1. The van der Waals surface area contributed by atoms with Crippen molar-refractivity contribution in [2.75, 3.05) is 25.6 Å². The van der Waals surface area contributed by atoms with Crippen molar-refractivity contribution in [2.45, 2.75) is 13.5 Å². The molecule has 2 aromatic heterocycles. The van der Waals surface area contributed by atoms with Crippen LogP contribution in [0.2, 0.25) is 0 Å². The van der Waals surface area contributed by atoms with Crippen molar-refractivity contribution < 1.29 is 13.9 Å². The topological polar surface area (TPSA) is 56.5 Å². The lowest BCUT2D eigenvalue weighted by Gasteiger charge is -2.06. The lowest BCUT2D eigenvalue weighted by molar-refractivity contribution is 0.144. The molecule has 0 fully saturated rings. The summed E-state index contributed by atoms with van der Waals surface area (Å²) in [4.78, 5) is 4.20. The normalized spacial score (nSPS) is 10.4. The Morgan fingerprint density at radius 3 is 2.74 bits per heavy atom. The Balaban J connectivity index is 1.81. The Labute approximate surface area is 112 Å². The quantitative estimate of drug-likeness (QED) is 0.777. The number of hydrogen-bond acceptors (Lipinski definition) is 5. The van der Waals surface area contributed by atoms with Crippen LogP contribution in [0.15, 0.2) is 34.9 Å². The van der Waals surface area contributed by atoms with E-state index in [4.69, 9.17) is 13.9 Å². The molecule has 0 aromatic carbocycles. The highest BCUT2D eigenvalue weighted by atomic mass is 16.5. The Bertz CT molecular complexity index is 494. The van der Waals surface area contributed by atoms with E-state index >= 15 is 0 Å². The summed E-state index contributed by atoms with van der Waals surface area (Å²) in [5, 5.41) is 3.23. The molecule has 0 unspecified atom stereocenters. The van der Waals surface area contributed by atoms with Gasteiger partial charge in [-0.3, -0.25) is 0 Å². The molecule has 0 bridgehead atoms. The first-order chi connectivity index (χ1) is 9.28. The third-order valence-corrected chi connectivity index (χ3v) is 2.54. The van der Waals surface area contributed by atoms with Gasteiger partial charge in [0, 0.05) is 13.2 Å². The first-order valence-electron chi connectivity index (χ1n) is 6.15. The van der Waals surface area contributed by atoms with Crippen molar-refractivity contribution in [2.24, 2.45) is 0 Å². The molecule has 102 valence electrons. The van der Waals surface area contributed by atoms with E-state index in [0.29, 0.717) is 25.6 Å². The molecular weight excluding hydrogens is 244 g/mol. The number of hydrogen-bond donors (Lipinski definition) is 1. The van der Waals surface area contributed by atoms with Crippen molar-refractivity contribution in [1.82, 2.24) is 4.98 Å². The van der Waals surface area contributed by atoms with Crippen LogP contribution < -0.4 is 10.1 Å². The summed E-state index contributed by atoms with van der Waals surface area (Å²) >= 11 is 0. The van der Waals surface area contributed by atoms with Gasteiger partial charge in [-0.05, 0) is 25.1 Å². The molecule has 2 aromatic rings. The van der Waals surface area contributed by atoms with Crippen molar-refractivity contribution in [3.63, 3.8) is 0 Å². The van der Waals surface area contributed by atoms with E-state index in [1.54, 1.807) is 13.3 Å². The highest BCUT2D eigenvalue weighted by molar-refractivity contribution is 5.42. The molecule has 0 aliphatic carbocycles. The van der Waals surface area contributed by atoms with Crippen LogP contribution in [-0.4, -0.2) is 25.3 Å². The van der Waals surface area contributed by atoms with Gasteiger partial charge in [0.05, 0.1) is 25.0 Å². The number of anilines is 1. The molecule has 5 nitrogen and oxygen atoms in total. The molecule has 0 spiro atoms. The van der Waals surface area contributed by atoms with E-state index in [1.165, 1.54) is 0 Å². The Morgan fingerprint density at radius 2 is 2.11 bits per heavy atom. The van der Waals surface area contributed by atoms with E-state index in [9.17, 15) is 0 Å². The third kappa shape index (κ3) is 4.30. The maximum atomic E-state index is 5.47. The van der Waals surface area contributed by atoms with Gasteiger partial charge in [0.15, 0.2) is 0 Å². The SMILES string of the molecule is COCCOc1ccc(NCc2ccc(C)o2)cn1. The van der Waals surface area contributed by atoms with Crippen molar-refractivity contribution in [1.29, 1.82) is 0 Å². The summed E-state index contributed by atoms with van der Waals surface area (Å²) in [6.07, 6.45) is 1.73. The summed E-state index contributed by atoms with van der Waals surface area (Å²) in [6, 6.07) is 7.65. The molecule has 0 radical (unpaired) electrons. The smallest absolute Gasteiger partial charge is 0.213 e. The lowest BCUT2D eigenvalue weighted by atomic mass is 10.4. The van der Waals surface area contributed by atoms with Gasteiger partial charge >= 0.3 is 0 Å². The molecular formula is C14H18N2O3. The zero-order chi connectivity index (χ0) is 13.5. The summed E-state index contributed by atoms with van der Waals surface area (Å²) in [6.45, 7) is 3.62. The zero-order valence-electron chi connectivity index (χ0n) is 11.2. The number of ether oxygens (including phenoxy) is 2. The third-order valence-electron chi connectivity index (χ3n) is 2.54. The maximum absolute atomic E-state index is 5.47. The molecule has 2 rings (SSSR count). The van der Waals surface area contributed by atoms with Crippen molar-refractivity contribution >= 4 is 5.69 Å². The second-order valence-electron chi connectivity index (χ2n) is 4.09. The average molecular weight is 262 g/mol. The molecule has 1 N–H and O–H groups in total. The number of furan rings is 1. The molecule has 0 atom stereocenters. The molecule has 0 saturated carbocycles. The lowest BCUT2D eigenvalue weighted by Crippen LogP contribution is -2.05. The van der Waals surface area contributed by atoms with Crippen LogP contribution in [0.5, 0.6) is 5.88 Å². The number of rotatable bonds is 7. The molecule has 0 saturated heterocycles. The second-order valence-corrected chi connectivity index (χ2v) is 4.09. The van der Waals surface area contributed by atoms with E-state index in [0.717, 1.165) is 17.2 Å². The van der Waals surface area contributed by atoms with Gasteiger partial charge < -0.3 is 19.2 Å². The maximum Gasteiger partial charge on any atom is 0.213 e. The minimum absolute atomic E-state index is 0.502. The average Bonchev–Trinajstić information content (AvgIpc) is 2.84. The van der Waals surface area contributed by atoms with Crippen molar-refractivity contribution in [3.8, 4) is 5.88 Å². The fourth-order valence-corrected chi connectivity index (χ4v) is 1.57. The summed E-state index contributed by atoms with van der Waals surface area (Å²) in [5.74, 6) is 2.41. The molecule has 19 heavy (non-hydrogen) atoms. The van der Waals surface area contributed by atoms with Crippen LogP contribution in [0.25, 0.3) is 0 Å². The fraction of sp³-hybridized carbons (Fsp3) is 0.357. The van der Waals surface area contributed by atoms with Gasteiger partial charge in [-0.2, -0.15) is 0 Å². The summed E-state index contributed by atoms with van der Waals surface area (Å²) in [5.41, 5.74) is 0.924. The van der Waals surface area contributed by atoms with Crippen LogP contribution >= 0.6 is 0 Å². The van der Waals surface area contributed by atoms with E-state index in [2.05, 4.69) is 10.3 Å². The van der Waals surface area contributed by atoms with Gasteiger partial charge in [-0.1, -0.05) is 0 Å². The van der Waals surface area contributed by atoms with Crippen LogP contribution in [0.4, 0.5) is 5.69 Å². The Morgan fingerprint density at radius 1 is 1.21 bits per heavy atom. The van der Waals surface area contributed by atoms with Crippen LogP contribution in [0.1, 0.15) is 11.5 Å². The van der Waals surface area contributed by atoms with Gasteiger partial charge in [0.25, 0.3) is 0 Å². The van der Waals surface area contributed by atoms with Gasteiger partial charge in [0.1, 0.15) is 18.1 Å². The number of aryl methyl sites for hydroxylation is 1. The van der Waals surface area contributed by atoms with Crippen LogP contribution in [0, 0.1) is 6.92 Å². The second kappa shape index (κ2) is 6.80. The highest BCUT2D eigenvalue weighted by Crippen LogP contribution is 2.13. The van der Waals surface area contributed by atoms with Crippen LogP contribution in [-0.2, 0) is 11.3 Å².